The molecule has 1 aliphatic heterocycles. The van der Waals surface area contributed by atoms with Crippen LogP contribution in [0.4, 0.5) is 5.69 Å². The number of anilines is 1. The smallest absolute Gasteiger partial charge is 0.323 e. The maximum absolute atomic E-state index is 12.5. The Kier molecular flexibility index (Phi) is 4.39. The lowest BCUT2D eigenvalue weighted by molar-refractivity contribution is -0.137. The van der Waals surface area contributed by atoms with Crippen molar-refractivity contribution in [2.45, 2.75) is 26.4 Å². The van der Waals surface area contributed by atoms with Gasteiger partial charge in [0, 0.05) is 5.69 Å². The van der Waals surface area contributed by atoms with Gasteiger partial charge in [-0.05, 0) is 32.4 Å². The zero-order valence-corrected chi connectivity index (χ0v) is 11.7. The van der Waals surface area contributed by atoms with Gasteiger partial charge in [-0.15, -0.1) is 0 Å². The molecule has 108 valence electrons. The highest BCUT2D eigenvalue weighted by Gasteiger charge is 2.32. The second-order valence-corrected chi connectivity index (χ2v) is 5.23. The number of amides is 1. The zero-order valence-electron chi connectivity index (χ0n) is 11.7. The first kappa shape index (κ1) is 14.5. The number of carbonyl (C=O) groups is 2. The van der Waals surface area contributed by atoms with Crippen LogP contribution in [0.25, 0.3) is 0 Å². The van der Waals surface area contributed by atoms with Crippen LogP contribution in [0.1, 0.15) is 18.9 Å². The Morgan fingerprint density at radius 3 is 2.50 bits per heavy atom. The minimum atomic E-state index is -1.02. The summed E-state index contributed by atoms with van der Waals surface area (Å²) in [5.74, 6) is -1.46. The van der Waals surface area contributed by atoms with Crippen molar-refractivity contribution in [3.05, 3.63) is 29.8 Å². The molecule has 0 saturated carbocycles. The summed E-state index contributed by atoms with van der Waals surface area (Å²) in [6.07, 6.45) is 0.689. The van der Waals surface area contributed by atoms with E-state index in [9.17, 15) is 9.59 Å². The van der Waals surface area contributed by atoms with Crippen LogP contribution < -0.4 is 4.90 Å². The van der Waals surface area contributed by atoms with Gasteiger partial charge in [0.2, 0.25) is 5.91 Å². The van der Waals surface area contributed by atoms with Crippen LogP contribution in [-0.2, 0) is 14.3 Å². The standard InChI is InChI=1S/C15H19NO4/c1-10-3-5-13(6-4-10)16(8-14(17)18)15(19)12-7-11(2)20-9-12/h3-6,11-12H,7-9H2,1-2H3,(H,17,18). The van der Waals surface area contributed by atoms with Gasteiger partial charge in [0.25, 0.3) is 0 Å². The molecule has 1 saturated heterocycles. The lowest BCUT2D eigenvalue weighted by Gasteiger charge is -2.23. The Bertz CT molecular complexity index is 497. The third-order valence-electron chi connectivity index (χ3n) is 3.45. The maximum atomic E-state index is 12.5. The van der Waals surface area contributed by atoms with E-state index < -0.39 is 5.97 Å². The summed E-state index contributed by atoms with van der Waals surface area (Å²) in [7, 11) is 0. The van der Waals surface area contributed by atoms with Gasteiger partial charge >= 0.3 is 5.97 Å². The van der Waals surface area contributed by atoms with E-state index in [2.05, 4.69) is 0 Å². The molecule has 1 N–H and O–H groups in total. The topological polar surface area (TPSA) is 66.8 Å². The van der Waals surface area contributed by atoms with Crippen molar-refractivity contribution in [1.82, 2.24) is 0 Å². The van der Waals surface area contributed by atoms with Crippen LogP contribution in [0.5, 0.6) is 0 Å². The van der Waals surface area contributed by atoms with E-state index >= 15 is 0 Å². The number of carbonyl (C=O) groups excluding carboxylic acids is 1. The zero-order chi connectivity index (χ0) is 14.7. The molecule has 20 heavy (non-hydrogen) atoms. The van der Waals surface area contributed by atoms with Crippen LogP contribution in [0, 0.1) is 12.8 Å². The largest absolute Gasteiger partial charge is 0.480 e. The number of benzene rings is 1. The average Bonchev–Trinajstić information content (AvgIpc) is 2.83. The molecule has 1 aromatic rings. The first-order valence-electron chi connectivity index (χ1n) is 6.69. The molecule has 1 heterocycles. The number of carboxylic acid groups (broad SMARTS) is 1. The summed E-state index contributed by atoms with van der Waals surface area (Å²) in [6, 6.07) is 7.28. The van der Waals surface area contributed by atoms with Gasteiger partial charge in [-0.25, -0.2) is 0 Å². The number of hydrogen-bond acceptors (Lipinski definition) is 3. The summed E-state index contributed by atoms with van der Waals surface area (Å²) >= 11 is 0. The Labute approximate surface area is 118 Å². The lowest BCUT2D eigenvalue weighted by atomic mass is 10.0. The molecule has 1 aromatic carbocycles. The van der Waals surface area contributed by atoms with E-state index in [1.54, 1.807) is 12.1 Å². The Balaban J connectivity index is 2.20. The van der Waals surface area contributed by atoms with Crippen molar-refractivity contribution in [2.24, 2.45) is 5.92 Å². The first-order chi connectivity index (χ1) is 9.47. The highest BCUT2D eigenvalue weighted by molar-refractivity contribution is 5.98. The predicted octanol–water partition coefficient (Wildman–Crippen LogP) is 1.84. The van der Waals surface area contributed by atoms with Gasteiger partial charge in [-0.1, -0.05) is 17.7 Å². The van der Waals surface area contributed by atoms with Gasteiger partial charge < -0.3 is 14.7 Å². The molecule has 0 radical (unpaired) electrons. The molecule has 1 amide bonds. The number of nitrogens with zero attached hydrogens (tertiary/aromatic N) is 1. The van der Waals surface area contributed by atoms with Gasteiger partial charge in [-0.3, -0.25) is 9.59 Å². The molecule has 0 aliphatic carbocycles. The average molecular weight is 277 g/mol. The number of rotatable bonds is 4. The lowest BCUT2D eigenvalue weighted by Crippen LogP contribution is -2.40. The van der Waals surface area contributed by atoms with Crippen molar-refractivity contribution in [3.8, 4) is 0 Å². The number of aliphatic carboxylic acids is 1. The molecule has 1 aliphatic rings. The minimum Gasteiger partial charge on any atom is -0.480 e. The van der Waals surface area contributed by atoms with E-state index in [1.165, 1.54) is 4.90 Å². The van der Waals surface area contributed by atoms with Crippen molar-refractivity contribution in [2.75, 3.05) is 18.1 Å². The molecular formula is C15H19NO4. The summed E-state index contributed by atoms with van der Waals surface area (Å²) in [5, 5.41) is 9.02. The Morgan fingerprint density at radius 2 is 2.00 bits per heavy atom. The molecule has 2 unspecified atom stereocenters. The molecule has 2 rings (SSSR count). The summed E-state index contributed by atoms with van der Waals surface area (Å²) in [4.78, 5) is 24.8. The van der Waals surface area contributed by atoms with Gasteiger partial charge in [0.15, 0.2) is 0 Å². The second-order valence-electron chi connectivity index (χ2n) is 5.23. The molecule has 0 bridgehead atoms. The SMILES string of the molecule is Cc1ccc(N(CC(=O)O)C(=O)C2COC(C)C2)cc1. The highest BCUT2D eigenvalue weighted by atomic mass is 16.5. The van der Waals surface area contributed by atoms with Crippen molar-refractivity contribution >= 4 is 17.6 Å². The summed E-state index contributed by atoms with van der Waals surface area (Å²) in [5.41, 5.74) is 1.68. The number of aryl methyl sites for hydroxylation is 1. The number of ether oxygens (including phenoxy) is 1. The van der Waals surface area contributed by atoms with Crippen molar-refractivity contribution in [3.63, 3.8) is 0 Å². The summed E-state index contributed by atoms with van der Waals surface area (Å²) < 4.78 is 5.40. The third kappa shape index (κ3) is 3.36. The monoisotopic (exact) mass is 277 g/mol. The van der Waals surface area contributed by atoms with E-state index in [4.69, 9.17) is 9.84 Å². The molecule has 2 atom stereocenters. The van der Waals surface area contributed by atoms with Crippen LogP contribution in [0.3, 0.4) is 0 Å². The summed E-state index contributed by atoms with van der Waals surface area (Å²) in [6.45, 7) is 3.90. The normalized spacial score (nSPS) is 21.7. The maximum Gasteiger partial charge on any atom is 0.323 e. The molecule has 0 spiro atoms. The molecule has 5 heteroatoms. The van der Waals surface area contributed by atoms with E-state index in [1.807, 2.05) is 26.0 Å². The first-order valence-corrected chi connectivity index (χ1v) is 6.69. The van der Waals surface area contributed by atoms with Crippen LogP contribution in [0.2, 0.25) is 0 Å². The highest BCUT2D eigenvalue weighted by Crippen LogP contribution is 2.24. The van der Waals surface area contributed by atoms with Crippen LogP contribution in [-0.4, -0.2) is 36.2 Å². The van der Waals surface area contributed by atoms with Gasteiger partial charge in [0.1, 0.15) is 6.54 Å². The van der Waals surface area contributed by atoms with Crippen molar-refractivity contribution < 1.29 is 19.4 Å². The molecule has 1 fully saturated rings. The number of carboxylic acids is 1. The fourth-order valence-electron chi connectivity index (χ4n) is 2.37. The fourth-order valence-corrected chi connectivity index (χ4v) is 2.37. The Morgan fingerprint density at radius 1 is 1.35 bits per heavy atom. The van der Waals surface area contributed by atoms with E-state index in [0.717, 1.165) is 5.56 Å². The van der Waals surface area contributed by atoms with E-state index in [0.29, 0.717) is 18.7 Å². The quantitative estimate of drug-likeness (QED) is 0.912. The predicted molar refractivity (Wildman–Crippen MR) is 74.7 cm³/mol. The third-order valence-corrected chi connectivity index (χ3v) is 3.45. The Hall–Kier alpha value is -1.88. The molecule has 5 nitrogen and oxygen atoms in total. The van der Waals surface area contributed by atoms with Crippen molar-refractivity contribution in [1.29, 1.82) is 0 Å². The van der Waals surface area contributed by atoms with Crippen LogP contribution >= 0.6 is 0 Å². The number of hydrogen-bond donors (Lipinski definition) is 1. The van der Waals surface area contributed by atoms with Crippen LogP contribution in [0.15, 0.2) is 24.3 Å². The molecule has 0 aromatic heterocycles. The minimum absolute atomic E-state index is 0.0497. The molecular weight excluding hydrogens is 258 g/mol. The van der Waals surface area contributed by atoms with Gasteiger partial charge in [0.05, 0.1) is 18.6 Å². The van der Waals surface area contributed by atoms with Gasteiger partial charge in [-0.2, -0.15) is 0 Å². The second kappa shape index (κ2) is 6.05. The fraction of sp³-hybridized carbons (Fsp3) is 0.467. The van der Waals surface area contributed by atoms with E-state index in [-0.39, 0.29) is 24.5 Å².